The lowest BCUT2D eigenvalue weighted by Gasteiger charge is -2.24. The Balaban J connectivity index is 2.81. The van der Waals surface area contributed by atoms with Crippen LogP contribution in [-0.2, 0) is 24.0 Å². The van der Waals surface area contributed by atoms with Gasteiger partial charge in [0, 0.05) is 12.2 Å². The Kier molecular flexibility index (Phi) is 10.6. The van der Waals surface area contributed by atoms with Crippen molar-refractivity contribution in [2.24, 2.45) is 0 Å². The molecule has 0 aromatic rings. The van der Waals surface area contributed by atoms with Gasteiger partial charge >= 0.3 is 11.9 Å². The summed E-state index contributed by atoms with van der Waals surface area (Å²) in [7, 11) is 0. The number of hydrogen-bond donors (Lipinski definition) is 8. The molecule has 1 saturated heterocycles. The van der Waals surface area contributed by atoms with Gasteiger partial charge in [-0.2, -0.15) is 12.6 Å². The molecule has 170 valence electrons. The van der Waals surface area contributed by atoms with Crippen LogP contribution in [0.15, 0.2) is 0 Å². The van der Waals surface area contributed by atoms with Crippen LogP contribution in [0.3, 0.4) is 0 Å². The largest absolute Gasteiger partial charge is 0.481 e. The molecule has 0 aliphatic carbocycles. The van der Waals surface area contributed by atoms with Crippen LogP contribution in [0.4, 0.5) is 0 Å². The minimum Gasteiger partial charge on any atom is -0.481 e. The van der Waals surface area contributed by atoms with Gasteiger partial charge in [0.2, 0.25) is 17.7 Å². The number of carboxylic acids is 2. The van der Waals surface area contributed by atoms with Gasteiger partial charge in [0.25, 0.3) is 0 Å². The number of aliphatic hydroxyl groups excluding tert-OH is 1. The van der Waals surface area contributed by atoms with Crippen LogP contribution in [0.25, 0.3) is 0 Å². The van der Waals surface area contributed by atoms with E-state index < -0.39 is 66.4 Å². The highest BCUT2D eigenvalue weighted by Gasteiger charge is 2.32. The van der Waals surface area contributed by atoms with E-state index in [1.165, 1.54) is 6.92 Å². The van der Waals surface area contributed by atoms with E-state index in [0.29, 0.717) is 13.0 Å². The average Bonchev–Trinajstić information content (AvgIpc) is 3.21. The lowest BCUT2D eigenvalue weighted by Crippen LogP contribution is -2.58. The number of carbonyl (C=O) groups is 5. The van der Waals surface area contributed by atoms with Crippen LogP contribution in [0.2, 0.25) is 0 Å². The quantitative estimate of drug-likeness (QED) is 0.148. The van der Waals surface area contributed by atoms with Crippen molar-refractivity contribution in [3.63, 3.8) is 0 Å². The molecule has 0 aromatic carbocycles. The van der Waals surface area contributed by atoms with Crippen LogP contribution < -0.4 is 21.3 Å². The SMILES string of the molecule is CC(O)C(NC(=O)C(CS)NC(=O)C(CCC(=O)O)NC(=O)C1CCCN1)C(=O)O. The smallest absolute Gasteiger partial charge is 0.328 e. The molecule has 1 aliphatic rings. The molecule has 1 heterocycles. The van der Waals surface area contributed by atoms with Crippen LogP contribution >= 0.6 is 12.6 Å². The van der Waals surface area contributed by atoms with Gasteiger partial charge in [0.1, 0.15) is 12.1 Å². The van der Waals surface area contributed by atoms with Gasteiger partial charge in [0.15, 0.2) is 6.04 Å². The summed E-state index contributed by atoms with van der Waals surface area (Å²) in [6.45, 7) is 1.84. The molecular formula is C17H28N4O8S. The van der Waals surface area contributed by atoms with Gasteiger partial charge in [-0.15, -0.1) is 0 Å². The first kappa shape index (κ1) is 25.7. The highest BCUT2D eigenvalue weighted by Crippen LogP contribution is 2.07. The lowest BCUT2D eigenvalue weighted by molar-refractivity contribution is -0.145. The van der Waals surface area contributed by atoms with Crippen molar-refractivity contribution in [1.82, 2.24) is 21.3 Å². The number of nitrogens with one attached hydrogen (secondary N) is 4. The molecule has 30 heavy (non-hydrogen) atoms. The molecule has 12 nitrogen and oxygen atoms in total. The van der Waals surface area contributed by atoms with Crippen molar-refractivity contribution < 1.29 is 39.3 Å². The number of aliphatic hydroxyl groups is 1. The summed E-state index contributed by atoms with van der Waals surface area (Å²) < 4.78 is 0. The molecule has 1 fully saturated rings. The van der Waals surface area contributed by atoms with Crippen LogP contribution in [0.5, 0.6) is 0 Å². The molecule has 13 heteroatoms. The van der Waals surface area contributed by atoms with Crippen molar-refractivity contribution in [3.05, 3.63) is 0 Å². The number of carboxylic acid groups (broad SMARTS) is 2. The summed E-state index contributed by atoms with van der Waals surface area (Å²) in [5.41, 5.74) is 0. The summed E-state index contributed by atoms with van der Waals surface area (Å²) in [6.07, 6.45) is -0.607. The normalized spacial score (nSPS) is 19.8. The summed E-state index contributed by atoms with van der Waals surface area (Å²) in [4.78, 5) is 59.2. The Labute approximate surface area is 178 Å². The molecular weight excluding hydrogens is 420 g/mol. The minimum absolute atomic E-state index is 0.201. The Morgan fingerprint density at radius 2 is 1.70 bits per heavy atom. The topological polar surface area (TPSA) is 194 Å². The molecule has 0 radical (unpaired) electrons. The lowest BCUT2D eigenvalue weighted by atomic mass is 10.1. The van der Waals surface area contributed by atoms with Crippen LogP contribution in [0, 0.1) is 0 Å². The maximum absolute atomic E-state index is 12.6. The van der Waals surface area contributed by atoms with Crippen molar-refractivity contribution in [3.8, 4) is 0 Å². The summed E-state index contributed by atoms with van der Waals surface area (Å²) in [6, 6.07) is -4.56. The van der Waals surface area contributed by atoms with Crippen LogP contribution in [0.1, 0.15) is 32.6 Å². The number of amides is 3. The fourth-order valence-electron chi connectivity index (χ4n) is 2.83. The number of carbonyl (C=O) groups excluding carboxylic acids is 3. The van der Waals surface area contributed by atoms with E-state index in [2.05, 4.69) is 33.9 Å². The Hall–Kier alpha value is -2.38. The first-order valence-corrected chi connectivity index (χ1v) is 10.1. The van der Waals surface area contributed by atoms with E-state index in [9.17, 15) is 29.1 Å². The van der Waals surface area contributed by atoms with E-state index in [0.717, 1.165) is 6.42 Å². The number of rotatable bonds is 12. The summed E-state index contributed by atoms with van der Waals surface area (Å²) in [5, 5.41) is 37.3. The molecule has 5 unspecified atom stereocenters. The first-order valence-electron chi connectivity index (χ1n) is 9.44. The number of hydrogen-bond acceptors (Lipinski definition) is 8. The van der Waals surface area contributed by atoms with Gasteiger partial charge in [-0.05, 0) is 32.7 Å². The minimum atomic E-state index is -1.59. The first-order chi connectivity index (χ1) is 14.1. The number of thiol groups is 1. The van der Waals surface area contributed by atoms with E-state index in [-0.39, 0.29) is 12.2 Å². The predicted octanol–water partition coefficient (Wildman–Crippen LogP) is -2.55. The molecule has 7 N–H and O–H groups in total. The molecule has 0 aromatic heterocycles. The highest BCUT2D eigenvalue weighted by molar-refractivity contribution is 7.80. The molecule has 0 saturated carbocycles. The van der Waals surface area contributed by atoms with E-state index in [1.54, 1.807) is 0 Å². The maximum Gasteiger partial charge on any atom is 0.328 e. The standard InChI is InChI=1S/C17H28N4O8S/c1-8(22)13(17(28)29)21-16(27)11(7-30)20-15(26)10(4-5-12(23)24)19-14(25)9-3-2-6-18-9/h8-11,13,18,22,30H,2-7H2,1H3,(H,19,25)(H,20,26)(H,21,27)(H,23,24)(H,28,29). The fourth-order valence-corrected chi connectivity index (χ4v) is 3.08. The molecule has 1 rings (SSSR count). The zero-order valence-electron chi connectivity index (χ0n) is 16.5. The van der Waals surface area contributed by atoms with E-state index in [1.807, 2.05) is 0 Å². The third-order valence-electron chi connectivity index (χ3n) is 4.52. The Bertz CT molecular complexity index is 654. The van der Waals surface area contributed by atoms with E-state index in [4.69, 9.17) is 10.2 Å². The Morgan fingerprint density at radius 1 is 1.07 bits per heavy atom. The van der Waals surface area contributed by atoms with Gasteiger partial charge in [-0.25, -0.2) is 4.79 Å². The van der Waals surface area contributed by atoms with Gasteiger partial charge < -0.3 is 36.6 Å². The third kappa shape index (κ3) is 8.16. The van der Waals surface area contributed by atoms with Crippen molar-refractivity contribution in [2.75, 3.05) is 12.3 Å². The van der Waals surface area contributed by atoms with Crippen LogP contribution in [-0.4, -0.2) is 87.5 Å². The predicted molar refractivity (Wildman–Crippen MR) is 107 cm³/mol. The molecule has 3 amide bonds. The second-order valence-corrected chi connectivity index (χ2v) is 7.32. The van der Waals surface area contributed by atoms with Gasteiger partial charge in [-0.1, -0.05) is 0 Å². The monoisotopic (exact) mass is 448 g/mol. The maximum atomic E-state index is 12.6. The second kappa shape index (κ2) is 12.3. The van der Waals surface area contributed by atoms with E-state index >= 15 is 0 Å². The van der Waals surface area contributed by atoms with Gasteiger partial charge in [-0.3, -0.25) is 19.2 Å². The zero-order chi connectivity index (χ0) is 22.8. The Morgan fingerprint density at radius 3 is 2.17 bits per heavy atom. The zero-order valence-corrected chi connectivity index (χ0v) is 17.4. The highest BCUT2D eigenvalue weighted by atomic mass is 32.1. The molecule has 5 atom stereocenters. The number of aliphatic carboxylic acids is 2. The fraction of sp³-hybridized carbons (Fsp3) is 0.706. The average molecular weight is 448 g/mol. The molecule has 1 aliphatic heterocycles. The molecule has 0 bridgehead atoms. The van der Waals surface area contributed by atoms with Crippen molar-refractivity contribution in [1.29, 1.82) is 0 Å². The van der Waals surface area contributed by atoms with Gasteiger partial charge in [0.05, 0.1) is 12.1 Å². The molecule has 0 spiro atoms. The third-order valence-corrected chi connectivity index (χ3v) is 4.88. The van der Waals surface area contributed by atoms with Crippen molar-refractivity contribution in [2.45, 2.75) is 62.9 Å². The summed E-state index contributed by atoms with van der Waals surface area (Å²) >= 11 is 3.97. The summed E-state index contributed by atoms with van der Waals surface area (Å²) in [5.74, 6) is -4.98. The second-order valence-electron chi connectivity index (χ2n) is 6.95. The van der Waals surface area contributed by atoms with Crippen molar-refractivity contribution >= 4 is 42.3 Å².